The van der Waals surface area contributed by atoms with Gasteiger partial charge in [0.15, 0.2) is 0 Å². The second kappa shape index (κ2) is 6.04. The highest BCUT2D eigenvalue weighted by molar-refractivity contribution is 9.10. The highest BCUT2D eigenvalue weighted by Crippen LogP contribution is 2.38. The van der Waals surface area contributed by atoms with Crippen molar-refractivity contribution in [3.63, 3.8) is 0 Å². The van der Waals surface area contributed by atoms with Gasteiger partial charge in [-0.1, -0.05) is 15.9 Å². The Morgan fingerprint density at radius 2 is 2.25 bits per heavy atom. The summed E-state index contributed by atoms with van der Waals surface area (Å²) in [4.78, 5) is 0. The van der Waals surface area contributed by atoms with E-state index >= 15 is 0 Å². The highest BCUT2D eigenvalue weighted by atomic mass is 79.9. The van der Waals surface area contributed by atoms with Crippen molar-refractivity contribution in [3.8, 4) is 5.75 Å². The Labute approximate surface area is 129 Å². The molecule has 1 aromatic rings. The van der Waals surface area contributed by atoms with E-state index in [0.717, 1.165) is 36.3 Å². The average molecular weight is 340 g/mol. The quantitative estimate of drug-likeness (QED) is 0.866. The van der Waals surface area contributed by atoms with Gasteiger partial charge in [-0.25, -0.2) is 0 Å². The van der Waals surface area contributed by atoms with Gasteiger partial charge >= 0.3 is 0 Å². The predicted molar refractivity (Wildman–Crippen MR) is 83.2 cm³/mol. The van der Waals surface area contributed by atoms with Crippen LogP contribution < -0.4 is 10.5 Å². The molecular weight excluding hydrogens is 318 g/mol. The van der Waals surface area contributed by atoms with Crippen LogP contribution >= 0.6 is 15.9 Å². The van der Waals surface area contributed by atoms with E-state index in [1.807, 2.05) is 6.92 Å². The third-order valence-electron chi connectivity index (χ3n) is 4.15. The topological polar surface area (TPSA) is 44.5 Å². The molecule has 2 aliphatic rings. The van der Waals surface area contributed by atoms with Crippen LogP contribution in [0.3, 0.4) is 0 Å². The van der Waals surface area contributed by atoms with Crippen LogP contribution in [0.25, 0.3) is 0 Å². The van der Waals surface area contributed by atoms with Gasteiger partial charge in [-0.2, -0.15) is 0 Å². The summed E-state index contributed by atoms with van der Waals surface area (Å²) in [5, 5.41) is 0. The largest absolute Gasteiger partial charge is 0.493 e. The minimum atomic E-state index is 0.0463. The number of rotatable bonds is 6. The molecule has 110 valence electrons. The Morgan fingerprint density at radius 1 is 1.45 bits per heavy atom. The van der Waals surface area contributed by atoms with Gasteiger partial charge in [-0.05, 0) is 55.4 Å². The van der Waals surface area contributed by atoms with Gasteiger partial charge in [-0.15, -0.1) is 0 Å². The van der Waals surface area contributed by atoms with Crippen molar-refractivity contribution in [2.24, 2.45) is 11.7 Å². The SMILES string of the molecule is CCOC(C(N)Cc1cc(Br)cc2c1OCC2)C1CC1. The Hall–Kier alpha value is -0.580. The summed E-state index contributed by atoms with van der Waals surface area (Å²) in [6, 6.07) is 4.34. The molecule has 0 radical (unpaired) electrons. The molecule has 20 heavy (non-hydrogen) atoms. The summed E-state index contributed by atoms with van der Waals surface area (Å²) in [6.07, 6.45) is 4.52. The molecule has 1 heterocycles. The second-order valence-electron chi connectivity index (χ2n) is 5.78. The number of ether oxygens (including phenoxy) is 2. The van der Waals surface area contributed by atoms with E-state index in [2.05, 4.69) is 28.1 Å². The van der Waals surface area contributed by atoms with Crippen molar-refractivity contribution in [2.45, 2.75) is 44.8 Å². The fourth-order valence-corrected chi connectivity index (χ4v) is 3.65. The predicted octanol–water partition coefficient (Wildman–Crippen LogP) is 3.07. The van der Waals surface area contributed by atoms with Crippen LogP contribution in [0.5, 0.6) is 5.75 Å². The first-order chi connectivity index (χ1) is 9.69. The Morgan fingerprint density at radius 3 is 2.95 bits per heavy atom. The van der Waals surface area contributed by atoms with Crippen LogP contribution in [-0.4, -0.2) is 25.4 Å². The van der Waals surface area contributed by atoms with Gasteiger partial charge in [0.2, 0.25) is 0 Å². The Balaban J connectivity index is 1.76. The van der Waals surface area contributed by atoms with Crippen molar-refractivity contribution in [1.82, 2.24) is 0 Å². The van der Waals surface area contributed by atoms with E-state index in [1.54, 1.807) is 0 Å². The molecule has 1 fully saturated rings. The first-order valence-corrected chi connectivity index (χ1v) is 8.29. The summed E-state index contributed by atoms with van der Waals surface area (Å²) in [7, 11) is 0. The Kier molecular flexibility index (Phi) is 4.34. The number of benzene rings is 1. The lowest BCUT2D eigenvalue weighted by molar-refractivity contribution is 0.0287. The molecule has 3 nitrogen and oxygen atoms in total. The van der Waals surface area contributed by atoms with E-state index < -0.39 is 0 Å². The normalized spacial score (nSPS) is 20.4. The fourth-order valence-electron chi connectivity index (χ4n) is 3.09. The smallest absolute Gasteiger partial charge is 0.125 e. The lowest BCUT2D eigenvalue weighted by Crippen LogP contribution is -2.40. The third-order valence-corrected chi connectivity index (χ3v) is 4.61. The maximum Gasteiger partial charge on any atom is 0.125 e. The van der Waals surface area contributed by atoms with Crippen LogP contribution in [0, 0.1) is 5.92 Å². The zero-order valence-electron chi connectivity index (χ0n) is 11.9. The number of nitrogens with two attached hydrogens (primary N) is 1. The van der Waals surface area contributed by atoms with E-state index in [0.29, 0.717) is 5.92 Å². The van der Waals surface area contributed by atoms with Crippen molar-refractivity contribution < 1.29 is 9.47 Å². The number of fused-ring (bicyclic) bond motifs is 1. The zero-order valence-corrected chi connectivity index (χ0v) is 13.5. The van der Waals surface area contributed by atoms with Gasteiger partial charge < -0.3 is 15.2 Å². The second-order valence-corrected chi connectivity index (χ2v) is 6.69. The van der Waals surface area contributed by atoms with E-state index in [4.69, 9.17) is 15.2 Å². The van der Waals surface area contributed by atoms with Gasteiger partial charge in [0.05, 0.1) is 12.7 Å². The molecule has 1 aromatic carbocycles. The van der Waals surface area contributed by atoms with Gasteiger partial charge in [-0.3, -0.25) is 0 Å². The fraction of sp³-hybridized carbons (Fsp3) is 0.625. The molecule has 2 atom stereocenters. The third kappa shape index (κ3) is 3.02. The molecule has 0 amide bonds. The van der Waals surface area contributed by atoms with E-state index in [9.17, 15) is 0 Å². The van der Waals surface area contributed by atoms with Crippen molar-refractivity contribution >= 4 is 15.9 Å². The lowest BCUT2D eigenvalue weighted by atomic mass is 9.97. The van der Waals surface area contributed by atoms with Crippen molar-refractivity contribution in [3.05, 3.63) is 27.7 Å². The Bertz CT molecular complexity index is 488. The summed E-state index contributed by atoms with van der Waals surface area (Å²) in [5.41, 5.74) is 8.93. The van der Waals surface area contributed by atoms with E-state index in [1.165, 1.54) is 24.0 Å². The molecule has 1 aliphatic carbocycles. The summed E-state index contributed by atoms with van der Waals surface area (Å²) >= 11 is 3.59. The molecule has 0 bridgehead atoms. The molecule has 0 saturated heterocycles. The van der Waals surface area contributed by atoms with Gasteiger partial charge in [0, 0.05) is 23.5 Å². The first-order valence-electron chi connectivity index (χ1n) is 7.50. The van der Waals surface area contributed by atoms with Crippen molar-refractivity contribution in [1.29, 1.82) is 0 Å². The maximum absolute atomic E-state index is 6.43. The van der Waals surface area contributed by atoms with Crippen molar-refractivity contribution in [2.75, 3.05) is 13.2 Å². The average Bonchev–Trinajstić information content (AvgIpc) is 3.13. The number of hydrogen-bond acceptors (Lipinski definition) is 3. The molecule has 0 spiro atoms. The van der Waals surface area contributed by atoms with E-state index in [-0.39, 0.29) is 12.1 Å². The van der Waals surface area contributed by atoms with Gasteiger partial charge in [0.25, 0.3) is 0 Å². The minimum Gasteiger partial charge on any atom is -0.493 e. The van der Waals surface area contributed by atoms with Crippen LogP contribution in [0.1, 0.15) is 30.9 Å². The van der Waals surface area contributed by atoms with Crippen LogP contribution in [-0.2, 0) is 17.6 Å². The summed E-state index contributed by atoms with van der Waals surface area (Å²) in [5.74, 6) is 1.71. The van der Waals surface area contributed by atoms with Gasteiger partial charge in [0.1, 0.15) is 5.75 Å². The number of halogens is 1. The summed E-state index contributed by atoms with van der Waals surface area (Å²) < 4.78 is 12.8. The zero-order chi connectivity index (χ0) is 14.1. The molecule has 0 aromatic heterocycles. The first kappa shape index (κ1) is 14.4. The molecule has 1 aliphatic heterocycles. The standard InChI is InChI=1S/C16H22BrNO2/c1-2-19-16(10-3-4-10)14(18)9-12-8-13(17)7-11-5-6-20-15(11)12/h7-8,10,14,16H,2-6,9,18H2,1H3. The molecule has 4 heteroatoms. The van der Waals surface area contributed by atoms with Crippen LogP contribution in [0.4, 0.5) is 0 Å². The molecular formula is C16H22BrNO2. The summed E-state index contributed by atoms with van der Waals surface area (Å²) in [6.45, 7) is 3.56. The molecule has 2 N–H and O–H groups in total. The lowest BCUT2D eigenvalue weighted by Gasteiger charge is -2.24. The van der Waals surface area contributed by atoms with Crippen LogP contribution in [0.2, 0.25) is 0 Å². The minimum absolute atomic E-state index is 0.0463. The number of hydrogen-bond donors (Lipinski definition) is 1. The maximum atomic E-state index is 6.43. The monoisotopic (exact) mass is 339 g/mol. The molecule has 3 rings (SSSR count). The highest BCUT2D eigenvalue weighted by Gasteiger charge is 2.36. The van der Waals surface area contributed by atoms with Crippen LogP contribution in [0.15, 0.2) is 16.6 Å². The molecule has 1 saturated carbocycles. The molecule has 2 unspecified atom stereocenters.